The molecule has 0 aliphatic rings. The first kappa shape index (κ1) is 15.5. The summed E-state index contributed by atoms with van der Waals surface area (Å²) >= 11 is 0. The topological polar surface area (TPSA) is 68.9 Å². The molecule has 0 aromatic carbocycles. The van der Waals surface area contributed by atoms with Crippen LogP contribution in [0.15, 0.2) is 6.07 Å². The molecule has 0 spiro atoms. The van der Waals surface area contributed by atoms with Gasteiger partial charge in [-0.15, -0.1) is 0 Å². The van der Waals surface area contributed by atoms with Crippen molar-refractivity contribution in [2.75, 3.05) is 18.5 Å². The quantitative estimate of drug-likeness (QED) is 0.826. The maximum atomic E-state index is 9.20. The van der Waals surface area contributed by atoms with E-state index in [2.05, 4.69) is 30.2 Å². The van der Waals surface area contributed by atoms with Gasteiger partial charge in [0.05, 0.1) is 16.9 Å². The number of rotatable bonds is 6. The molecule has 1 rings (SSSR count). The number of nitriles is 1. The predicted octanol–water partition coefficient (Wildman–Crippen LogP) is 2.78. The Kier molecular flexibility index (Phi) is 5.31. The smallest absolute Gasteiger partial charge is 0.103 e. The van der Waals surface area contributed by atoms with Gasteiger partial charge in [-0.25, -0.2) is 0 Å². The van der Waals surface area contributed by atoms with Gasteiger partial charge in [-0.05, 0) is 38.2 Å². The number of nitrogens with one attached hydrogen (secondary N) is 1. The first-order chi connectivity index (χ1) is 8.89. The molecule has 2 N–H and O–H groups in total. The largest absolute Gasteiger partial charge is 0.396 e. The average Bonchev–Trinajstić information content (AvgIpc) is 2.33. The van der Waals surface area contributed by atoms with Gasteiger partial charge in [-0.1, -0.05) is 13.8 Å². The van der Waals surface area contributed by atoms with Crippen molar-refractivity contribution in [3.8, 4) is 6.07 Å². The minimum atomic E-state index is 0.0839. The molecule has 0 fully saturated rings. The fourth-order valence-corrected chi connectivity index (χ4v) is 2.09. The highest BCUT2D eigenvalue weighted by Crippen LogP contribution is 2.25. The van der Waals surface area contributed by atoms with Gasteiger partial charge in [0.1, 0.15) is 6.07 Å². The highest BCUT2D eigenvalue weighted by Gasteiger charge is 2.18. The number of aryl methyl sites for hydroxylation is 2. The maximum Gasteiger partial charge on any atom is 0.103 e. The van der Waals surface area contributed by atoms with Crippen LogP contribution >= 0.6 is 0 Å². The van der Waals surface area contributed by atoms with Crippen LogP contribution in [0.1, 0.15) is 43.6 Å². The van der Waals surface area contributed by atoms with E-state index < -0.39 is 0 Å². The molecule has 0 radical (unpaired) electrons. The van der Waals surface area contributed by atoms with Gasteiger partial charge in [0.25, 0.3) is 0 Å². The minimum absolute atomic E-state index is 0.0839. The second kappa shape index (κ2) is 6.53. The number of anilines is 1. The second-order valence-corrected chi connectivity index (χ2v) is 5.73. The SMILES string of the molecule is Cc1cc(NCC(C)(C)CCCO)c(C#N)c(C)n1. The van der Waals surface area contributed by atoms with Crippen LogP contribution in [0.4, 0.5) is 5.69 Å². The summed E-state index contributed by atoms with van der Waals surface area (Å²) in [5, 5.41) is 21.4. The number of hydrogen-bond donors (Lipinski definition) is 2. The van der Waals surface area contributed by atoms with Crippen LogP contribution in [0.5, 0.6) is 0 Å². The molecular formula is C15H23N3O. The summed E-state index contributed by atoms with van der Waals surface area (Å²) in [5.41, 5.74) is 3.22. The van der Waals surface area contributed by atoms with Crippen LogP contribution < -0.4 is 5.32 Å². The zero-order valence-corrected chi connectivity index (χ0v) is 12.2. The number of hydrogen-bond acceptors (Lipinski definition) is 4. The highest BCUT2D eigenvalue weighted by atomic mass is 16.2. The van der Waals surface area contributed by atoms with E-state index in [4.69, 9.17) is 5.11 Å². The number of nitrogens with zero attached hydrogens (tertiary/aromatic N) is 2. The average molecular weight is 261 g/mol. The minimum Gasteiger partial charge on any atom is -0.396 e. The van der Waals surface area contributed by atoms with Crippen LogP contribution in [0.2, 0.25) is 0 Å². The summed E-state index contributed by atoms with van der Waals surface area (Å²) in [4.78, 5) is 4.30. The van der Waals surface area contributed by atoms with Gasteiger partial charge in [0, 0.05) is 18.8 Å². The molecule has 19 heavy (non-hydrogen) atoms. The van der Waals surface area contributed by atoms with E-state index in [-0.39, 0.29) is 12.0 Å². The molecule has 1 aromatic rings. The van der Waals surface area contributed by atoms with E-state index in [0.29, 0.717) is 5.56 Å². The molecule has 0 saturated carbocycles. The molecule has 1 heterocycles. The van der Waals surface area contributed by atoms with Crippen molar-refractivity contribution in [3.05, 3.63) is 23.0 Å². The molecule has 4 heteroatoms. The Labute approximate surface area is 115 Å². The Bertz CT molecular complexity index is 475. The van der Waals surface area contributed by atoms with Gasteiger partial charge in [-0.2, -0.15) is 5.26 Å². The molecule has 0 saturated heterocycles. The summed E-state index contributed by atoms with van der Waals surface area (Å²) in [6.07, 6.45) is 1.75. The molecular weight excluding hydrogens is 238 g/mol. The lowest BCUT2D eigenvalue weighted by molar-refractivity contribution is 0.248. The summed E-state index contributed by atoms with van der Waals surface area (Å²) < 4.78 is 0. The van der Waals surface area contributed by atoms with Crippen molar-refractivity contribution in [3.63, 3.8) is 0 Å². The molecule has 0 atom stereocenters. The third kappa shape index (κ3) is 4.53. The molecule has 0 bridgehead atoms. The Morgan fingerprint density at radius 1 is 1.42 bits per heavy atom. The lowest BCUT2D eigenvalue weighted by atomic mass is 9.87. The summed E-state index contributed by atoms with van der Waals surface area (Å²) in [7, 11) is 0. The van der Waals surface area contributed by atoms with Gasteiger partial charge >= 0.3 is 0 Å². The van der Waals surface area contributed by atoms with Crippen LogP contribution in [0.3, 0.4) is 0 Å². The van der Waals surface area contributed by atoms with Crippen molar-refractivity contribution in [1.29, 1.82) is 5.26 Å². The summed E-state index contributed by atoms with van der Waals surface area (Å²) in [5.74, 6) is 0. The zero-order chi connectivity index (χ0) is 14.5. The molecule has 4 nitrogen and oxygen atoms in total. The van der Waals surface area contributed by atoms with Crippen molar-refractivity contribution < 1.29 is 5.11 Å². The fourth-order valence-electron chi connectivity index (χ4n) is 2.09. The molecule has 1 aromatic heterocycles. The van der Waals surface area contributed by atoms with E-state index in [1.807, 2.05) is 19.9 Å². The Morgan fingerprint density at radius 2 is 2.11 bits per heavy atom. The number of aliphatic hydroxyl groups excluding tert-OH is 1. The lowest BCUT2D eigenvalue weighted by Crippen LogP contribution is -2.24. The number of aromatic nitrogens is 1. The normalized spacial score (nSPS) is 11.2. The lowest BCUT2D eigenvalue weighted by Gasteiger charge is -2.25. The van der Waals surface area contributed by atoms with Gasteiger partial charge < -0.3 is 10.4 Å². The molecule has 0 amide bonds. The summed E-state index contributed by atoms with van der Waals surface area (Å²) in [6, 6.07) is 4.12. The Hall–Kier alpha value is -1.60. The standard InChI is InChI=1S/C15H23N3O/c1-11-8-14(13(9-16)12(2)18-11)17-10-15(3,4)6-5-7-19/h8,19H,5-7,10H2,1-4H3,(H,17,18). The van der Waals surface area contributed by atoms with Crippen LogP contribution in [-0.4, -0.2) is 23.2 Å². The second-order valence-electron chi connectivity index (χ2n) is 5.73. The van der Waals surface area contributed by atoms with Crippen molar-refractivity contribution in [1.82, 2.24) is 4.98 Å². The van der Waals surface area contributed by atoms with E-state index in [1.54, 1.807) is 0 Å². The molecule has 0 aliphatic heterocycles. The third-order valence-electron chi connectivity index (χ3n) is 3.21. The third-order valence-corrected chi connectivity index (χ3v) is 3.21. The first-order valence-corrected chi connectivity index (χ1v) is 6.63. The number of pyridine rings is 1. The maximum absolute atomic E-state index is 9.20. The van der Waals surface area contributed by atoms with E-state index in [0.717, 1.165) is 36.5 Å². The van der Waals surface area contributed by atoms with Crippen molar-refractivity contribution >= 4 is 5.69 Å². The van der Waals surface area contributed by atoms with Gasteiger partial charge in [-0.3, -0.25) is 4.98 Å². The Morgan fingerprint density at radius 3 is 2.68 bits per heavy atom. The van der Waals surface area contributed by atoms with Crippen LogP contribution in [0.25, 0.3) is 0 Å². The van der Waals surface area contributed by atoms with Crippen LogP contribution in [0, 0.1) is 30.6 Å². The van der Waals surface area contributed by atoms with Crippen molar-refractivity contribution in [2.45, 2.75) is 40.5 Å². The van der Waals surface area contributed by atoms with Gasteiger partial charge in [0.15, 0.2) is 0 Å². The summed E-state index contributed by atoms with van der Waals surface area (Å²) in [6.45, 7) is 9.08. The van der Waals surface area contributed by atoms with Crippen molar-refractivity contribution in [2.24, 2.45) is 5.41 Å². The molecule has 0 aliphatic carbocycles. The monoisotopic (exact) mass is 261 g/mol. The van der Waals surface area contributed by atoms with E-state index in [9.17, 15) is 5.26 Å². The van der Waals surface area contributed by atoms with Gasteiger partial charge in [0.2, 0.25) is 0 Å². The predicted molar refractivity (Wildman–Crippen MR) is 77.0 cm³/mol. The van der Waals surface area contributed by atoms with Crippen LogP contribution in [-0.2, 0) is 0 Å². The molecule has 0 unspecified atom stereocenters. The highest BCUT2D eigenvalue weighted by molar-refractivity contribution is 5.59. The van der Waals surface area contributed by atoms with E-state index >= 15 is 0 Å². The van der Waals surface area contributed by atoms with E-state index in [1.165, 1.54) is 0 Å². The Balaban J connectivity index is 2.80. The molecule has 104 valence electrons. The zero-order valence-electron chi connectivity index (χ0n) is 12.2. The fraction of sp³-hybridized carbons (Fsp3) is 0.600. The number of aliphatic hydroxyl groups is 1. The first-order valence-electron chi connectivity index (χ1n) is 6.63.